The number of sulfonamides is 1. The molecule has 1 amide bonds. The lowest BCUT2D eigenvalue weighted by atomic mass is 10.0. The van der Waals surface area contributed by atoms with Gasteiger partial charge in [-0.05, 0) is 31.4 Å². The van der Waals surface area contributed by atoms with E-state index >= 15 is 0 Å². The van der Waals surface area contributed by atoms with Gasteiger partial charge in [-0.25, -0.2) is 13.4 Å². The first kappa shape index (κ1) is 23.8. The molecule has 10 heteroatoms. The Labute approximate surface area is 188 Å². The fourth-order valence-corrected chi connectivity index (χ4v) is 5.18. The summed E-state index contributed by atoms with van der Waals surface area (Å²) in [6.07, 6.45) is 0.378. The van der Waals surface area contributed by atoms with Crippen molar-refractivity contribution in [1.29, 1.82) is 0 Å². The van der Waals surface area contributed by atoms with Crippen LogP contribution in [0.2, 0.25) is 0 Å². The summed E-state index contributed by atoms with van der Waals surface area (Å²) < 4.78 is 33.5. The normalized spacial score (nSPS) is 16.4. The molecule has 0 saturated carbocycles. The van der Waals surface area contributed by atoms with Crippen molar-refractivity contribution in [2.45, 2.75) is 44.7 Å². The molecule has 1 aromatic heterocycles. The Hall–Kier alpha value is -1.85. The van der Waals surface area contributed by atoms with E-state index in [4.69, 9.17) is 4.74 Å². The third-order valence-corrected chi connectivity index (χ3v) is 7.22. The lowest BCUT2D eigenvalue weighted by Gasteiger charge is -2.25. The minimum atomic E-state index is -3.82. The minimum absolute atomic E-state index is 0.129. The number of aryl methyl sites for hydroxylation is 1. The molecule has 2 aromatic rings. The summed E-state index contributed by atoms with van der Waals surface area (Å²) >= 11 is 1.34. The van der Waals surface area contributed by atoms with Crippen molar-refractivity contribution in [3.05, 3.63) is 40.9 Å². The fraction of sp³-hybridized carbons (Fsp3) is 0.524. The van der Waals surface area contributed by atoms with E-state index in [1.165, 1.54) is 11.3 Å². The molecule has 1 atom stereocenters. The van der Waals surface area contributed by atoms with Gasteiger partial charge in [0.05, 0.1) is 23.8 Å². The number of aromatic nitrogens is 1. The highest BCUT2D eigenvalue weighted by Gasteiger charge is 2.27. The second-order valence-electron chi connectivity index (χ2n) is 8.14. The van der Waals surface area contributed by atoms with Gasteiger partial charge in [0.25, 0.3) is 0 Å². The van der Waals surface area contributed by atoms with E-state index in [1.54, 1.807) is 24.3 Å². The standard InChI is InChI=1S/C21H30N4O4S2/c1-15(2)12-19(24-31(27,28)18-6-4-16(3)5-7-18)20(26)23-21-22-17(14-30-21)13-25-8-10-29-11-9-25/h4-7,14-15,19,24H,8-13H2,1-3H3,(H,22,23,26)/t19-/m0/s1. The zero-order valence-corrected chi connectivity index (χ0v) is 19.8. The van der Waals surface area contributed by atoms with Crippen molar-refractivity contribution in [1.82, 2.24) is 14.6 Å². The number of rotatable bonds is 9. The summed E-state index contributed by atoms with van der Waals surface area (Å²) in [4.78, 5) is 19.8. The second kappa shape index (κ2) is 10.6. The Morgan fingerprint density at radius 2 is 1.90 bits per heavy atom. The van der Waals surface area contributed by atoms with Gasteiger partial charge in [-0.3, -0.25) is 9.69 Å². The number of hydrogen-bond acceptors (Lipinski definition) is 7. The van der Waals surface area contributed by atoms with Crippen LogP contribution in [0.3, 0.4) is 0 Å². The van der Waals surface area contributed by atoms with Gasteiger partial charge < -0.3 is 10.1 Å². The largest absolute Gasteiger partial charge is 0.379 e. The van der Waals surface area contributed by atoms with E-state index in [0.29, 0.717) is 31.3 Å². The van der Waals surface area contributed by atoms with Crippen LogP contribution in [0.1, 0.15) is 31.5 Å². The molecule has 0 radical (unpaired) electrons. The zero-order valence-electron chi connectivity index (χ0n) is 18.1. The summed E-state index contributed by atoms with van der Waals surface area (Å²) in [5.74, 6) is -0.277. The minimum Gasteiger partial charge on any atom is -0.379 e. The van der Waals surface area contributed by atoms with Crippen LogP contribution in [0.5, 0.6) is 0 Å². The number of carbonyl (C=O) groups is 1. The van der Waals surface area contributed by atoms with Crippen molar-refractivity contribution < 1.29 is 17.9 Å². The molecule has 1 fully saturated rings. The summed E-state index contributed by atoms with van der Waals surface area (Å²) in [5, 5.41) is 5.17. The summed E-state index contributed by atoms with van der Waals surface area (Å²) in [6, 6.07) is 5.66. The van der Waals surface area contributed by atoms with Crippen LogP contribution in [-0.4, -0.2) is 56.6 Å². The van der Waals surface area contributed by atoms with Crippen LogP contribution < -0.4 is 10.0 Å². The Morgan fingerprint density at radius 3 is 2.55 bits per heavy atom. The molecule has 3 rings (SSSR count). The van der Waals surface area contributed by atoms with Gasteiger partial charge in [0.2, 0.25) is 15.9 Å². The van der Waals surface area contributed by atoms with Crippen LogP contribution in [0.25, 0.3) is 0 Å². The maximum atomic E-state index is 12.9. The van der Waals surface area contributed by atoms with E-state index in [1.807, 2.05) is 26.2 Å². The number of amides is 1. The van der Waals surface area contributed by atoms with E-state index in [-0.39, 0.29) is 10.8 Å². The number of ether oxygens (including phenoxy) is 1. The smallest absolute Gasteiger partial charge is 0.244 e. The fourth-order valence-electron chi connectivity index (χ4n) is 3.27. The number of carbonyl (C=O) groups excluding carboxylic acids is 1. The van der Waals surface area contributed by atoms with Gasteiger partial charge in [-0.15, -0.1) is 11.3 Å². The van der Waals surface area contributed by atoms with Crippen molar-refractivity contribution >= 4 is 32.4 Å². The number of benzene rings is 1. The predicted octanol–water partition coefficient (Wildman–Crippen LogP) is 2.62. The average Bonchev–Trinajstić information content (AvgIpc) is 3.14. The third kappa shape index (κ3) is 7.08. The Morgan fingerprint density at radius 1 is 1.23 bits per heavy atom. The number of anilines is 1. The van der Waals surface area contributed by atoms with Gasteiger partial charge in [0.15, 0.2) is 5.13 Å². The number of nitrogens with one attached hydrogen (secondary N) is 2. The van der Waals surface area contributed by atoms with Gasteiger partial charge in [-0.1, -0.05) is 31.5 Å². The zero-order chi connectivity index (χ0) is 22.4. The highest BCUT2D eigenvalue weighted by molar-refractivity contribution is 7.89. The van der Waals surface area contributed by atoms with Crippen LogP contribution in [-0.2, 0) is 26.1 Å². The summed E-state index contributed by atoms with van der Waals surface area (Å²) in [6.45, 7) is 9.63. The number of hydrogen-bond donors (Lipinski definition) is 2. The van der Waals surface area contributed by atoms with Gasteiger partial charge in [0, 0.05) is 25.0 Å². The predicted molar refractivity (Wildman–Crippen MR) is 122 cm³/mol. The Bertz CT molecular complexity index is 968. The SMILES string of the molecule is Cc1ccc(S(=O)(=O)N[C@@H](CC(C)C)C(=O)Nc2nc(CN3CCOCC3)cs2)cc1. The topological polar surface area (TPSA) is 101 Å². The molecule has 1 aromatic carbocycles. The van der Waals surface area contributed by atoms with Crippen LogP contribution in [0.4, 0.5) is 5.13 Å². The molecule has 0 unspecified atom stereocenters. The highest BCUT2D eigenvalue weighted by Crippen LogP contribution is 2.19. The Kier molecular flexibility index (Phi) is 8.17. The molecular weight excluding hydrogens is 436 g/mol. The monoisotopic (exact) mass is 466 g/mol. The molecule has 0 aliphatic carbocycles. The van der Waals surface area contributed by atoms with E-state index in [0.717, 1.165) is 24.3 Å². The lowest BCUT2D eigenvalue weighted by Crippen LogP contribution is -2.44. The molecule has 1 aliphatic heterocycles. The van der Waals surface area contributed by atoms with Gasteiger partial charge in [0.1, 0.15) is 6.04 Å². The van der Waals surface area contributed by atoms with Crippen LogP contribution in [0.15, 0.2) is 34.5 Å². The first-order valence-electron chi connectivity index (χ1n) is 10.4. The molecule has 1 saturated heterocycles. The maximum absolute atomic E-state index is 12.9. The molecule has 8 nitrogen and oxygen atoms in total. The van der Waals surface area contributed by atoms with Crippen molar-refractivity contribution in [3.63, 3.8) is 0 Å². The second-order valence-corrected chi connectivity index (χ2v) is 10.7. The summed E-state index contributed by atoms with van der Waals surface area (Å²) in [7, 11) is -3.82. The first-order chi connectivity index (χ1) is 14.7. The quantitative estimate of drug-likeness (QED) is 0.589. The summed E-state index contributed by atoms with van der Waals surface area (Å²) in [5.41, 5.74) is 1.84. The average molecular weight is 467 g/mol. The molecule has 1 aliphatic rings. The molecule has 0 bridgehead atoms. The molecule has 170 valence electrons. The molecular formula is C21H30N4O4S2. The van der Waals surface area contributed by atoms with Crippen LogP contribution >= 0.6 is 11.3 Å². The molecule has 2 heterocycles. The van der Waals surface area contributed by atoms with E-state index in [9.17, 15) is 13.2 Å². The molecule has 0 spiro atoms. The number of morpholine rings is 1. The third-order valence-electron chi connectivity index (χ3n) is 4.92. The maximum Gasteiger partial charge on any atom is 0.244 e. The van der Waals surface area contributed by atoms with Gasteiger partial charge in [-0.2, -0.15) is 4.72 Å². The number of nitrogens with zero attached hydrogens (tertiary/aromatic N) is 2. The van der Waals surface area contributed by atoms with Crippen molar-refractivity contribution in [3.8, 4) is 0 Å². The van der Waals surface area contributed by atoms with E-state index in [2.05, 4.69) is 19.9 Å². The van der Waals surface area contributed by atoms with Gasteiger partial charge >= 0.3 is 0 Å². The van der Waals surface area contributed by atoms with E-state index < -0.39 is 22.0 Å². The molecule has 2 N–H and O–H groups in total. The first-order valence-corrected chi connectivity index (χ1v) is 12.7. The van der Waals surface area contributed by atoms with Crippen molar-refractivity contribution in [2.24, 2.45) is 5.92 Å². The van der Waals surface area contributed by atoms with Crippen molar-refractivity contribution in [2.75, 3.05) is 31.6 Å². The van der Waals surface area contributed by atoms with Crippen LogP contribution in [0, 0.1) is 12.8 Å². The Balaban J connectivity index is 1.66. The number of thiazole rings is 1. The lowest BCUT2D eigenvalue weighted by molar-refractivity contribution is -0.118. The highest BCUT2D eigenvalue weighted by atomic mass is 32.2. The molecule has 31 heavy (non-hydrogen) atoms.